The number of carbonyl (C=O) groups excluding carboxylic acids is 1. The fourth-order valence-electron chi connectivity index (χ4n) is 1.70. The zero-order valence-corrected chi connectivity index (χ0v) is 12.2. The van der Waals surface area contributed by atoms with Crippen molar-refractivity contribution in [3.05, 3.63) is 44.4 Å². The molecule has 7 nitrogen and oxygen atoms in total. The van der Waals surface area contributed by atoms with Gasteiger partial charge in [-0.3, -0.25) is 14.9 Å². The van der Waals surface area contributed by atoms with Crippen LogP contribution < -0.4 is 10.1 Å². The average Bonchev–Trinajstić information content (AvgIpc) is 2.96. The molecule has 1 aromatic carbocycles. The van der Waals surface area contributed by atoms with E-state index in [2.05, 4.69) is 10.3 Å². The van der Waals surface area contributed by atoms with Gasteiger partial charge in [0.05, 0.1) is 23.2 Å². The Hall–Kier alpha value is -2.69. The van der Waals surface area contributed by atoms with E-state index in [1.807, 2.05) is 0 Å². The smallest absolute Gasteiger partial charge is 0.434 e. The minimum Gasteiger partial charge on any atom is -0.495 e. The van der Waals surface area contributed by atoms with Crippen molar-refractivity contribution in [1.29, 1.82) is 0 Å². The van der Waals surface area contributed by atoms with Crippen LogP contribution in [0, 0.1) is 10.1 Å². The molecule has 11 heteroatoms. The number of alkyl halides is 3. The van der Waals surface area contributed by atoms with Crippen LogP contribution in [0.15, 0.2) is 23.7 Å². The van der Waals surface area contributed by atoms with E-state index in [0.29, 0.717) is 11.3 Å². The molecule has 0 unspecified atom stereocenters. The van der Waals surface area contributed by atoms with E-state index < -0.39 is 27.6 Å². The highest BCUT2D eigenvalue weighted by molar-refractivity contribution is 7.12. The topological polar surface area (TPSA) is 94.4 Å². The van der Waals surface area contributed by atoms with Crippen LogP contribution in [0.2, 0.25) is 0 Å². The molecule has 2 rings (SSSR count). The molecule has 1 heterocycles. The first-order valence-electron chi connectivity index (χ1n) is 5.88. The summed E-state index contributed by atoms with van der Waals surface area (Å²) in [5.41, 5.74) is -0.887. The quantitative estimate of drug-likeness (QED) is 0.676. The van der Waals surface area contributed by atoms with Crippen LogP contribution >= 0.6 is 11.3 Å². The summed E-state index contributed by atoms with van der Waals surface area (Å²) < 4.78 is 43.2. The number of anilines is 1. The van der Waals surface area contributed by atoms with Crippen LogP contribution in [-0.4, -0.2) is 22.9 Å². The number of aromatic nitrogens is 1. The fourth-order valence-corrected chi connectivity index (χ4v) is 2.40. The van der Waals surface area contributed by atoms with Gasteiger partial charge in [-0.15, -0.1) is 11.3 Å². The van der Waals surface area contributed by atoms with Crippen molar-refractivity contribution >= 4 is 28.6 Å². The van der Waals surface area contributed by atoms with Gasteiger partial charge in [0.15, 0.2) is 5.69 Å². The van der Waals surface area contributed by atoms with E-state index in [9.17, 15) is 28.1 Å². The molecule has 0 aliphatic rings. The van der Waals surface area contributed by atoms with Gasteiger partial charge in [0.25, 0.3) is 11.6 Å². The molecular weight excluding hydrogens is 339 g/mol. The number of nitro groups is 1. The lowest BCUT2D eigenvalue weighted by Crippen LogP contribution is -2.17. The van der Waals surface area contributed by atoms with Gasteiger partial charge >= 0.3 is 6.18 Å². The SMILES string of the molecule is COc1ccc([N+](=O)[O-])cc1NC(=O)c1scnc1C(F)(F)F. The lowest BCUT2D eigenvalue weighted by atomic mass is 10.2. The summed E-state index contributed by atoms with van der Waals surface area (Å²) in [6.07, 6.45) is -4.78. The van der Waals surface area contributed by atoms with Crippen LogP contribution in [0.3, 0.4) is 0 Å². The second-order valence-electron chi connectivity index (χ2n) is 4.12. The third kappa shape index (κ3) is 3.56. The van der Waals surface area contributed by atoms with Gasteiger partial charge < -0.3 is 10.1 Å². The molecule has 1 amide bonds. The summed E-state index contributed by atoms with van der Waals surface area (Å²) in [5.74, 6) is -1.01. The molecule has 2 aromatic rings. The Balaban J connectivity index is 2.36. The number of hydrogen-bond acceptors (Lipinski definition) is 6. The number of thiazole rings is 1. The van der Waals surface area contributed by atoms with Crippen LogP contribution in [0.1, 0.15) is 15.4 Å². The largest absolute Gasteiger partial charge is 0.495 e. The van der Waals surface area contributed by atoms with E-state index >= 15 is 0 Å². The minimum atomic E-state index is -4.78. The van der Waals surface area contributed by atoms with E-state index in [-0.39, 0.29) is 17.1 Å². The summed E-state index contributed by atoms with van der Waals surface area (Å²) in [6, 6.07) is 3.36. The molecule has 0 bridgehead atoms. The number of nitrogens with zero attached hydrogens (tertiary/aromatic N) is 2. The van der Waals surface area contributed by atoms with Crippen molar-refractivity contribution in [3.63, 3.8) is 0 Å². The van der Waals surface area contributed by atoms with Crippen LogP contribution in [0.25, 0.3) is 0 Å². The molecule has 0 radical (unpaired) electrons. The van der Waals surface area contributed by atoms with Crippen molar-refractivity contribution in [1.82, 2.24) is 4.98 Å². The van der Waals surface area contributed by atoms with E-state index in [1.165, 1.54) is 13.2 Å². The number of nitro benzene ring substituents is 1. The molecular formula is C12H8F3N3O4S. The normalized spacial score (nSPS) is 11.1. The Bertz CT molecular complexity index is 760. The fraction of sp³-hybridized carbons (Fsp3) is 0.167. The first-order chi connectivity index (χ1) is 10.7. The number of halogens is 3. The highest BCUT2D eigenvalue weighted by atomic mass is 32.1. The highest BCUT2D eigenvalue weighted by Gasteiger charge is 2.38. The molecule has 0 aliphatic carbocycles. The summed E-state index contributed by atoms with van der Waals surface area (Å²) >= 11 is 0.510. The number of hydrogen-bond donors (Lipinski definition) is 1. The van der Waals surface area contributed by atoms with Crippen LogP contribution in [-0.2, 0) is 6.18 Å². The van der Waals surface area contributed by atoms with Crippen molar-refractivity contribution < 1.29 is 27.6 Å². The van der Waals surface area contributed by atoms with Gasteiger partial charge in [-0.1, -0.05) is 0 Å². The molecule has 0 saturated heterocycles. The molecule has 0 atom stereocenters. The lowest BCUT2D eigenvalue weighted by molar-refractivity contribution is -0.384. The monoisotopic (exact) mass is 347 g/mol. The zero-order valence-electron chi connectivity index (χ0n) is 11.4. The van der Waals surface area contributed by atoms with Gasteiger partial charge in [-0.25, -0.2) is 4.98 Å². The van der Waals surface area contributed by atoms with Crippen molar-refractivity contribution in [2.24, 2.45) is 0 Å². The molecule has 1 N–H and O–H groups in total. The van der Waals surface area contributed by atoms with Gasteiger partial charge in [0.1, 0.15) is 10.6 Å². The number of methoxy groups -OCH3 is 1. The van der Waals surface area contributed by atoms with Crippen molar-refractivity contribution in [3.8, 4) is 5.75 Å². The zero-order chi connectivity index (χ0) is 17.2. The third-order valence-corrected chi connectivity index (χ3v) is 3.51. The highest BCUT2D eigenvalue weighted by Crippen LogP contribution is 2.34. The van der Waals surface area contributed by atoms with E-state index in [0.717, 1.165) is 17.6 Å². The number of benzene rings is 1. The number of ether oxygens (including phenoxy) is 1. The summed E-state index contributed by atoms with van der Waals surface area (Å²) in [5, 5.41) is 12.9. The summed E-state index contributed by atoms with van der Waals surface area (Å²) in [4.78, 5) is 24.6. The predicted octanol–water partition coefficient (Wildman–Crippen LogP) is 3.33. The van der Waals surface area contributed by atoms with Crippen molar-refractivity contribution in [2.45, 2.75) is 6.18 Å². The Labute approximate surface area is 130 Å². The molecule has 23 heavy (non-hydrogen) atoms. The van der Waals surface area contributed by atoms with Gasteiger partial charge in [-0.05, 0) is 6.07 Å². The molecule has 0 spiro atoms. The Morgan fingerprint density at radius 3 is 2.70 bits per heavy atom. The maximum atomic E-state index is 12.7. The molecule has 0 fully saturated rings. The molecule has 0 saturated carbocycles. The molecule has 0 aliphatic heterocycles. The van der Waals surface area contributed by atoms with Gasteiger partial charge in [0, 0.05) is 12.1 Å². The van der Waals surface area contributed by atoms with E-state index in [4.69, 9.17) is 4.74 Å². The standard InChI is InChI=1S/C12H8F3N3O4S/c1-22-8-3-2-6(18(20)21)4-7(8)17-11(19)9-10(12(13,14)15)16-5-23-9/h2-5H,1H3,(H,17,19). The summed E-state index contributed by atoms with van der Waals surface area (Å²) in [6.45, 7) is 0. The second kappa shape index (κ2) is 6.20. The maximum Gasteiger partial charge on any atom is 0.434 e. The Kier molecular flexibility index (Phi) is 4.50. The minimum absolute atomic E-state index is 0.0713. The first-order valence-corrected chi connectivity index (χ1v) is 6.76. The number of rotatable bonds is 4. The van der Waals surface area contributed by atoms with Gasteiger partial charge in [-0.2, -0.15) is 13.2 Å². The van der Waals surface area contributed by atoms with Crippen LogP contribution in [0.5, 0.6) is 5.75 Å². The Morgan fingerprint density at radius 2 is 2.13 bits per heavy atom. The summed E-state index contributed by atoms with van der Waals surface area (Å²) in [7, 11) is 1.25. The molecule has 122 valence electrons. The number of nitrogens with one attached hydrogen (secondary N) is 1. The molecule has 1 aromatic heterocycles. The third-order valence-electron chi connectivity index (χ3n) is 2.68. The predicted molar refractivity (Wildman–Crippen MR) is 74.7 cm³/mol. The number of carbonyl (C=O) groups is 1. The second-order valence-corrected chi connectivity index (χ2v) is 4.98. The number of non-ortho nitro benzene ring substituents is 1. The Morgan fingerprint density at radius 1 is 1.43 bits per heavy atom. The number of amides is 1. The lowest BCUT2D eigenvalue weighted by Gasteiger charge is -2.10. The first kappa shape index (κ1) is 16.7. The van der Waals surface area contributed by atoms with Crippen molar-refractivity contribution in [2.75, 3.05) is 12.4 Å². The van der Waals surface area contributed by atoms with Gasteiger partial charge in [0.2, 0.25) is 0 Å². The maximum absolute atomic E-state index is 12.7. The van der Waals surface area contributed by atoms with E-state index in [1.54, 1.807) is 0 Å². The van der Waals surface area contributed by atoms with Crippen LogP contribution in [0.4, 0.5) is 24.5 Å². The average molecular weight is 347 g/mol.